The Bertz CT molecular complexity index is 652. The van der Waals surface area contributed by atoms with Gasteiger partial charge in [-0.05, 0) is 37.5 Å². The Morgan fingerprint density at radius 3 is 2.70 bits per heavy atom. The van der Waals surface area contributed by atoms with Gasteiger partial charge in [0.25, 0.3) is 0 Å². The summed E-state index contributed by atoms with van der Waals surface area (Å²) in [7, 11) is 3.36. The Balaban J connectivity index is 1.98. The Morgan fingerprint density at radius 2 is 2.00 bits per heavy atom. The molecule has 1 aromatic carbocycles. The summed E-state index contributed by atoms with van der Waals surface area (Å²) >= 11 is 0. The maximum absolute atomic E-state index is 5.47. The molecule has 2 aliphatic rings. The third kappa shape index (κ3) is 3.00. The Morgan fingerprint density at radius 1 is 1.26 bits per heavy atom. The van der Waals surface area contributed by atoms with E-state index in [1.807, 2.05) is 0 Å². The van der Waals surface area contributed by atoms with E-state index < -0.39 is 0 Å². The van der Waals surface area contributed by atoms with Gasteiger partial charge in [0, 0.05) is 29.9 Å². The number of amidine groups is 1. The standard InChI is InChI=1S/C18H25N3O2/c1-5-12(2)20-18-10-15-14-9-17(23-4)16(22-3)8-13(14)6-7-21(15)11-19-18/h8-10,12H,5-7,11H2,1-4H3,(H,19,20). The van der Waals surface area contributed by atoms with Crippen molar-refractivity contribution in [3.63, 3.8) is 0 Å². The number of nitrogens with zero attached hydrogens (tertiary/aromatic N) is 2. The molecule has 1 aromatic rings. The summed E-state index contributed by atoms with van der Waals surface area (Å²) in [5, 5.41) is 3.47. The Labute approximate surface area is 138 Å². The number of aliphatic imine (C=N–C) groups is 1. The summed E-state index contributed by atoms with van der Waals surface area (Å²) in [6, 6.07) is 4.60. The molecule has 3 rings (SSSR count). The largest absolute Gasteiger partial charge is 0.493 e. The van der Waals surface area contributed by atoms with E-state index in [1.54, 1.807) is 14.2 Å². The van der Waals surface area contributed by atoms with Crippen LogP contribution in [0.1, 0.15) is 31.4 Å². The molecule has 0 saturated carbocycles. The van der Waals surface area contributed by atoms with E-state index in [0.717, 1.165) is 36.7 Å². The topological polar surface area (TPSA) is 46.1 Å². The quantitative estimate of drug-likeness (QED) is 0.928. The monoisotopic (exact) mass is 315 g/mol. The molecule has 0 aliphatic carbocycles. The molecule has 5 nitrogen and oxygen atoms in total. The lowest BCUT2D eigenvalue weighted by Crippen LogP contribution is -2.38. The van der Waals surface area contributed by atoms with Crippen molar-refractivity contribution in [1.29, 1.82) is 0 Å². The maximum Gasteiger partial charge on any atom is 0.161 e. The molecular weight excluding hydrogens is 290 g/mol. The summed E-state index contributed by atoms with van der Waals surface area (Å²) in [5.74, 6) is 2.53. The van der Waals surface area contributed by atoms with Gasteiger partial charge < -0.3 is 19.7 Å². The van der Waals surface area contributed by atoms with E-state index in [9.17, 15) is 0 Å². The van der Waals surface area contributed by atoms with E-state index in [4.69, 9.17) is 9.47 Å². The van der Waals surface area contributed by atoms with Crippen LogP contribution < -0.4 is 14.8 Å². The van der Waals surface area contributed by atoms with Gasteiger partial charge in [0.15, 0.2) is 11.5 Å². The predicted octanol–water partition coefficient (Wildman–Crippen LogP) is 2.66. The van der Waals surface area contributed by atoms with Gasteiger partial charge in [-0.2, -0.15) is 0 Å². The Hall–Kier alpha value is -2.17. The van der Waals surface area contributed by atoms with Crippen molar-refractivity contribution < 1.29 is 9.47 Å². The number of nitrogens with one attached hydrogen (secondary N) is 1. The lowest BCUT2D eigenvalue weighted by Gasteiger charge is -2.35. The van der Waals surface area contributed by atoms with Gasteiger partial charge in [0.1, 0.15) is 12.5 Å². The first-order chi connectivity index (χ1) is 11.2. The number of benzene rings is 1. The number of fused-ring (bicyclic) bond motifs is 3. The Kier molecular flexibility index (Phi) is 4.46. The van der Waals surface area contributed by atoms with Crippen molar-refractivity contribution >= 4 is 11.5 Å². The average Bonchev–Trinajstić information content (AvgIpc) is 2.60. The van der Waals surface area contributed by atoms with Gasteiger partial charge in [-0.1, -0.05) is 6.92 Å². The molecule has 1 N–H and O–H groups in total. The SMILES string of the molecule is CCC(C)NC1=NCN2CCc3cc(OC)c(OC)cc3C2=C1. The van der Waals surface area contributed by atoms with Crippen LogP contribution in [-0.2, 0) is 6.42 Å². The third-order valence-electron chi connectivity index (χ3n) is 4.57. The average molecular weight is 315 g/mol. The molecule has 0 radical (unpaired) electrons. The van der Waals surface area contributed by atoms with Crippen molar-refractivity contribution in [3.8, 4) is 11.5 Å². The van der Waals surface area contributed by atoms with Crippen LogP contribution in [-0.4, -0.2) is 44.2 Å². The number of hydrogen-bond donors (Lipinski definition) is 1. The molecule has 2 aliphatic heterocycles. The highest BCUT2D eigenvalue weighted by atomic mass is 16.5. The minimum Gasteiger partial charge on any atom is -0.493 e. The van der Waals surface area contributed by atoms with Gasteiger partial charge in [-0.3, -0.25) is 0 Å². The zero-order valence-corrected chi connectivity index (χ0v) is 14.3. The highest BCUT2D eigenvalue weighted by Gasteiger charge is 2.26. The zero-order chi connectivity index (χ0) is 16.4. The van der Waals surface area contributed by atoms with Crippen LogP contribution >= 0.6 is 0 Å². The van der Waals surface area contributed by atoms with Crippen molar-refractivity contribution in [1.82, 2.24) is 10.2 Å². The fourth-order valence-electron chi connectivity index (χ4n) is 3.01. The predicted molar refractivity (Wildman–Crippen MR) is 93.1 cm³/mol. The lowest BCUT2D eigenvalue weighted by molar-refractivity contribution is 0.351. The first-order valence-electron chi connectivity index (χ1n) is 8.19. The fourth-order valence-corrected chi connectivity index (χ4v) is 3.01. The molecule has 0 amide bonds. The molecule has 2 heterocycles. The van der Waals surface area contributed by atoms with Crippen LogP contribution in [0.5, 0.6) is 11.5 Å². The van der Waals surface area contributed by atoms with Gasteiger partial charge in [0.05, 0.1) is 14.2 Å². The van der Waals surface area contributed by atoms with Crippen molar-refractivity contribution in [2.75, 3.05) is 27.4 Å². The maximum atomic E-state index is 5.47. The smallest absolute Gasteiger partial charge is 0.161 e. The van der Waals surface area contributed by atoms with Crippen LogP contribution in [0.2, 0.25) is 0 Å². The first kappa shape index (κ1) is 15.7. The zero-order valence-electron chi connectivity index (χ0n) is 14.3. The van der Waals surface area contributed by atoms with E-state index in [2.05, 4.69) is 47.3 Å². The summed E-state index contributed by atoms with van der Waals surface area (Å²) in [6.07, 6.45) is 4.23. The highest BCUT2D eigenvalue weighted by Crippen LogP contribution is 2.38. The fraction of sp³-hybridized carbons (Fsp3) is 0.500. The number of methoxy groups -OCH3 is 2. The van der Waals surface area contributed by atoms with Crippen molar-refractivity contribution in [2.45, 2.75) is 32.7 Å². The number of rotatable bonds is 4. The molecular formula is C18H25N3O2. The van der Waals surface area contributed by atoms with E-state index in [-0.39, 0.29) is 0 Å². The van der Waals surface area contributed by atoms with E-state index in [0.29, 0.717) is 12.7 Å². The first-order valence-corrected chi connectivity index (χ1v) is 8.19. The van der Waals surface area contributed by atoms with Gasteiger partial charge in [-0.15, -0.1) is 0 Å². The van der Waals surface area contributed by atoms with Crippen molar-refractivity contribution in [3.05, 3.63) is 29.3 Å². The second-order valence-corrected chi connectivity index (χ2v) is 6.05. The summed E-state index contributed by atoms with van der Waals surface area (Å²) in [6.45, 7) is 6.04. The second kappa shape index (κ2) is 6.52. The van der Waals surface area contributed by atoms with Crippen LogP contribution in [0.25, 0.3) is 5.70 Å². The van der Waals surface area contributed by atoms with Crippen LogP contribution in [0.15, 0.2) is 23.2 Å². The number of hydrogen-bond acceptors (Lipinski definition) is 5. The minimum absolute atomic E-state index is 0.422. The van der Waals surface area contributed by atoms with Crippen molar-refractivity contribution in [2.24, 2.45) is 4.99 Å². The molecule has 0 aromatic heterocycles. The molecule has 0 saturated heterocycles. The molecule has 23 heavy (non-hydrogen) atoms. The van der Waals surface area contributed by atoms with Gasteiger partial charge in [0.2, 0.25) is 0 Å². The summed E-state index contributed by atoms with van der Waals surface area (Å²) in [4.78, 5) is 6.97. The van der Waals surface area contributed by atoms with Crippen LogP contribution in [0, 0.1) is 0 Å². The lowest BCUT2D eigenvalue weighted by atomic mass is 9.95. The molecule has 1 atom stereocenters. The van der Waals surface area contributed by atoms with Crippen LogP contribution in [0.3, 0.4) is 0 Å². The minimum atomic E-state index is 0.422. The molecule has 0 spiro atoms. The van der Waals surface area contributed by atoms with Gasteiger partial charge in [-0.25, -0.2) is 4.99 Å². The highest BCUT2D eigenvalue weighted by molar-refractivity contribution is 6.00. The van der Waals surface area contributed by atoms with Gasteiger partial charge >= 0.3 is 0 Å². The molecule has 124 valence electrons. The van der Waals surface area contributed by atoms with E-state index >= 15 is 0 Å². The second-order valence-electron chi connectivity index (χ2n) is 6.05. The third-order valence-corrected chi connectivity index (χ3v) is 4.57. The molecule has 5 heteroatoms. The number of ether oxygens (including phenoxy) is 2. The normalized spacial score (nSPS) is 17.5. The summed E-state index contributed by atoms with van der Waals surface area (Å²) in [5.41, 5.74) is 3.73. The molecule has 1 unspecified atom stereocenters. The summed E-state index contributed by atoms with van der Waals surface area (Å²) < 4.78 is 10.9. The molecule has 0 bridgehead atoms. The van der Waals surface area contributed by atoms with Crippen LogP contribution in [0.4, 0.5) is 0 Å². The van der Waals surface area contributed by atoms with E-state index in [1.165, 1.54) is 16.8 Å². The molecule has 0 fully saturated rings.